The van der Waals surface area contributed by atoms with E-state index in [9.17, 15) is 32.6 Å². The molecular weight excluding hydrogens is 516 g/mol. The van der Waals surface area contributed by atoms with Crippen LogP contribution in [0.15, 0.2) is 42.7 Å². The van der Waals surface area contributed by atoms with E-state index in [-0.39, 0.29) is 59.0 Å². The Morgan fingerprint density at radius 2 is 1.90 bits per heavy atom. The summed E-state index contributed by atoms with van der Waals surface area (Å²) < 4.78 is 62.2. The second-order valence-corrected chi connectivity index (χ2v) is 11.0. The monoisotopic (exact) mass is 544 g/mol. The summed E-state index contributed by atoms with van der Waals surface area (Å²) in [7, 11) is 0. The molecule has 2 aromatic heterocycles. The fraction of sp³-hybridized carbons (Fsp3) is 0.414. The zero-order valence-electron chi connectivity index (χ0n) is 21.4. The van der Waals surface area contributed by atoms with E-state index < -0.39 is 29.1 Å². The maximum Gasteiger partial charge on any atom is 0.417 e. The highest BCUT2D eigenvalue weighted by molar-refractivity contribution is 5.77. The molecule has 2 N–H and O–H groups in total. The molecule has 0 radical (unpaired) electrons. The Hall–Kier alpha value is -3.53. The number of aryl methyl sites for hydroxylation is 1. The maximum absolute atomic E-state index is 14.6. The van der Waals surface area contributed by atoms with Crippen molar-refractivity contribution in [2.24, 2.45) is 11.8 Å². The zero-order valence-corrected chi connectivity index (χ0v) is 21.4. The van der Waals surface area contributed by atoms with Crippen molar-refractivity contribution in [1.29, 1.82) is 0 Å². The second kappa shape index (κ2) is 9.89. The van der Waals surface area contributed by atoms with Crippen LogP contribution in [0.2, 0.25) is 0 Å². The van der Waals surface area contributed by atoms with Gasteiger partial charge in [0.25, 0.3) is 0 Å². The smallest absolute Gasteiger partial charge is 0.417 e. The number of nitrogens with zero attached hydrogens (tertiary/aromatic N) is 2. The minimum Gasteiger partial charge on any atom is -0.481 e. The highest BCUT2D eigenvalue weighted by Crippen LogP contribution is 2.61. The van der Waals surface area contributed by atoms with E-state index in [4.69, 9.17) is 4.74 Å². The van der Waals surface area contributed by atoms with Crippen molar-refractivity contribution in [1.82, 2.24) is 9.97 Å². The van der Waals surface area contributed by atoms with Crippen LogP contribution < -0.4 is 4.74 Å². The fourth-order valence-electron chi connectivity index (χ4n) is 5.49. The number of pyridine rings is 2. The van der Waals surface area contributed by atoms with Crippen LogP contribution in [0.25, 0.3) is 11.1 Å². The summed E-state index contributed by atoms with van der Waals surface area (Å²) in [6.07, 6.45) is -0.120. The van der Waals surface area contributed by atoms with Gasteiger partial charge in [-0.25, -0.2) is 9.37 Å². The van der Waals surface area contributed by atoms with Gasteiger partial charge in [0.05, 0.1) is 17.1 Å². The van der Waals surface area contributed by atoms with Crippen molar-refractivity contribution < 1.29 is 37.3 Å². The first-order valence-electron chi connectivity index (χ1n) is 12.7. The summed E-state index contributed by atoms with van der Waals surface area (Å²) in [5.74, 6) is -1.54. The number of hydrogen-bond acceptors (Lipinski definition) is 5. The van der Waals surface area contributed by atoms with Gasteiger partial charge in [0.15, 0.2) is 0 Å². The molecule has 1 saturated carbocycles. The SMILES string of the molecule is CC(C)(O)CCCc1cc(C(F)(F)F)c(-c2ccc(F)c(COc3cc4c(cn3)[C@H]3[C@@H](C4)[C@@H]3C(=O)O)c2)cn1. The maximum atomic E-state index is 14.6. The number of aliphatic hydroxyl groups is 1. The van der Waals surface area contributed by atoms with Gasteiger partial charge < -0.3 is 14.9 Å². The summed E-state index contributed by atoms with van der Waals surface area (Å²) in [4.78, 5) is 19.7. The molecule has 2 aliphatic rings. The van der Waals surface area contributed by atoms with Crippen LogP contribution >= 0.6 is 0 Å². The molecule has 0 amide bonds. The highest BCUT2D eigenvalue weighted by atomic mass is 19.4. The minimum absolute atomic E-state index is 0.0301. The normalized spacial score (nSPS) is 19.9. The summed E-state index contributed by atoms with van der Waals surface area (Å²) in [6, 6.07) is 6.41. The zero-order chi connectivity index (χ0) is 28.1. The predicted molar refractivity (Wildman–Crippen MR) is 133 cm³/mol. The second-order valence-electron chi connectivity index (χ2n) is 11.0. The number of ether oxygens (including phenoxy) is 1. The first-order chi connectivity index (χ1) is 18.3. The first kappa shape index (κ1) is 27.1. The third kappa shape index (κ3) is 5.75. The van der Waals surface area contributed by atoms with Gasteiger partial charge >= 0.3 is 12.1 Å². The van der Waals surface area contributed by atoms with Gasteiger partial charge in [-0.2, -0.15) is 13.2 Å². The van der Waals surface area contributed by atoms with Gasteiger partial charge in [0, 0.05) is 41.2 Å². The Morgan fingerprint density at radius 3 is 2.59 bits per heavy atom. The Labute approximate surface area is 222 Å². The number of aliphatic carboxylic acids is 1. The summed E-state index contributed by atoms with van der Waals surface area (Å²) >= 11 is 0. The molecule has 1 aromatic carbocycles. The number of carboxylic acids is 1. The van der Waals surface area contributed by atoms with Crippen molar-refractivity contribution in [2.75, 3.05) is 0 Å². The van der Waals surface area contributed by atoms with E-state index in [0.717, 1.165) is 29.5 Å². The van der Waals surface area contributed by atoms with Crippen LogP contribution in [0.1, 0.15) is 60.6 Å². The summed E-state index contributed by atoms with van der Waals surface area (Å²) in [6.45, 7) is 3.03. The van der Waals surface area contributed by atoms with Crippen molar-refractivity contribution in [3.63, 3.8) is 0 Å². The average molecular weight is 545 g/mol. The van der Waals surface area contributed by atoms with E-state index in [1.165, 1.54) is 12.1 Å². The number of carbonyl (C=O) groups is 1. The third-order valence-corrected chi connectivity index (χ3v) is 7.49. The van der Waals surface area contributed by atoms with Gasteiger partial charge in [0.1, 0.15) is 12.4 Å². The van der Waals surface area contributed by atoms with Gasteiger partial charge in [0.2, 0.25) is 5.88 Å². The summed E-state index contributed by atoms with van der Waals surface area (Å²) in [5, 5.41) is 19.1. The Kier molecular flexibility index (Phi) is 6.86. The molecule has 1 fully saturated rings. The van der Waals surface area contributed by atoms with Crippen molar-refractivity contribution in [2.45, 2.75) is 63.8 Å². The molecule has 3 aromatic rings. The first-order valence-corrected chi connectivity index (χ1v) is 12.7. The average Bonchev–Trinajstić information content (AvgIpc) is 3.44. The molecule has 39 heavy (non-hydrogen) atoms. The number of benzene rings is 1. The molecule has 0 aliphatic heterocycles. The number of aromatic nitrogens is 2. The fourth-order valence-corrected chi connectivity index (χ4v) is 5.49. The number of carboxylic acid groups (broad SMARTS) is 1. The van der Waals surface area contributed by atoms with Crippen molar-refractivity contribution >= 4 is 5.97 Å². The third-order valence-electron chi connectivity index (χ3n) is 7.49. The minimum atomic E-state index is -4.65. The summed E-state index contributed by atoms with van der Waals surface area (Å²) in [5.41, 5.74) is 0.361. The molecule has 6 nitrogen and oxygen atoms in total. The molecule has 2 aliphatic carbocycles. The molecule has 5 rings (SSSR count). The van der Waals surface area contributed by atoms with Crippen LogP contribution in [0.3, 0.4) is 0 Å². The lowest BCUT2D eigenvalue weighted by atomic mass is 9.97. The molecule has 10 heteroatoms. The number of halogens is 4. The Morgan fingerprint density at radius 1 is 1.13 bits per heavy atom. The lowest BCUT2D eigenvalue weighted by Crippen LogP contribution is -2.18. The predicted octanol–water partition coefficient (Wildman–Crippen LogP) is 5.94. The largest absolute Gasteiger partial charge is 0.481 e. The standard InChI is InChI=1S/C29H28F4N2O4/c1-28(2,38)7-3-4-18-11-22(29(31,32)33)20(12-34-18)15-5-6-23(30)17(8-15)14-39-24-10-16-9-19-25(21(16)13-35-24)26(19)27(36)37/h5-6,8,10-13,19,25-26,38H,3-4,7,9,14H2,1-2H3,(H,36,37)/t19-,25-,26+/m1/s1. The molecule has 0 bridgehead atoms. The van der Waals surface area contributed by atoms with E-state index in [1.807, 2.05) is 0 Å². The molecular formula is C29H28F4N2O4. The molecule has 0 unspecified atom stereocenters. The van der Waals surface area contributed by atoms with E-state index in [0.29, 0.717) is 19.3 Å². The quantitative estimate of drug-likeness (QED) is 0.324. The van der Waals surface area contributed by atoms with Gasteiger partial charge in [-0.1, -0.05) is 6.07 Å². The molecule has 0 saturated heterocycles. The number of alkyl halides is 3. The van der Waals surface area contributed by atoms with Crippen molar-refractivity contribution in [3.8, 4) is 17.0 Å². The van der Waals surface area contributed by atoms with Crippen molar-refractivity contribution in [3.05, 3.63) is 76.5 Å². The van der Waals surface area contributed by atoms with Gasteiger partial charge in [-0.15, -0.1) is 0 Å². The van der Waals surface area contributed by atoms with Crippen LogP contribution in [-0.4, -0.2) is 31.8 Å². The van der Waals surface area contributed by atoms with Crippen LogP contribution in [-0.2, 0) is 30.4 Å². The highest BCUT2D eigenvalue weighted by Gasteiger charge is 2.59. The molecule has 206 valence electrons. The van der Waals surface area contributed by atoms with Crippen LogP contribution in [0.4, 0.5) is 17.6 Å². The van der Waals surface area contributed by atoms with Crippen LogP contribution in [0, 0.1) is 17.7 Å². The topological polar surface area (TPSA) is 92.5 Å². The Balaban J connectivity index is 1.33. The van der Waals surface area contributed by atoms with E-state index in [2.05, 4.69) is 9.97 Å². The number of hydrogen-bond donors (Lipinski definition) is 2. The Bertz CT molecular complexity index is 1420. The van der Waals surface area contributed by atoms with E-state index >= 15 is 0 Å². The molecule has 0 spiro atoms. The van der Waals surface area contributed by atoms with Gasteiger partial charge in [-0.3, -0.25) is 9.78 Å². The van der Waals surface area contributed by atoms with E-state index in [1.54, 1.807) is 26.1 Å². The van der Waals surface area contributed by atoms with Gasteiger partial charge in [-0.05, 0) is 80.3 Å². The lowest BCUT2D eigenvalue weighted by molar-refractivity contribution is -0.139. The molecule has 3 atom stereocenters. The number of fused-ring (bicyclic) bond motifs is 3. The number of rotatable bonds is 9. The lowest BCUT2D eigenvalue weighted by Gasteiger charge is -2.17. The molecule has 2 heterocycles. The van der Waals surface area contributed by atoms with Crippen LogP contribution in [0.5, 0.6) is 5.88 Å².